The van der Waals surface area contributed by atoms with Crippen molar-refractivity contribution < 1.29 is 14.3 Å². The first-order chi connectivity index (χ1) is 9.70. The molecule has 1 aromatic rings. The van der Waals surface area contributed by atoms with Crippen LogP contribution in [0.2, 0.25) is 5.02 Å². The Morgan fingerprint density at radius 3 is 2.35 bits per heavy atom. The van der Waals surface area contributed by atoms with E-state index in [2.05, 4.69) is 4.98 Å². The Morgan fingerprint density at radius 2 is 1.85 bits per heavy atom. The minimum absolute atomic E-state index is 0.128. The summed E-state index contributed by atoms with van der Waals surface area (Å²) in [6.45, 7) is 7.12. The highest BCUT2D eigenvalue weighted by atomic mass is 35.5. The molecule has 0 radical (unpaired) electrons. The summed E-state index contributed by atoms with van der Waals surface area (Å²) < 4.78 is 10.6. The quantitative estimate of drug-likeness (QED) is 0.656. The molecule has 0 N–H and O–H groups in total. The van der Waals surface area contributed by atoms with E-state index >= 15 is 0 Å². The number of pyridine rings is 1. The highest BCUT2D eigenvalue weighted by Crippen LogP contribution is 2.15. The van der Waals surface area contributed by atoms with Crippen molar-refractivity contribution in [2.45, 2.75) is 13.8 Å². The SMILES string of the molecule is CCOCCN(CCOCC)C(=O)c1ccncc1Cl. The van der Waals surface area contributed by atoms with E-state index in [9.17, 15) is 4.79 Å². The van der Waals surface area contributed by atoms with Gasteiger partial charge >= 0.3 is 0 Å². The Morgan fingerprint density at radius 1 is 1.25 bits per heavy atom. The Bertz CT molecular complexity index is 405. The fourth-order valence-electron chi connectivity index (χ4n) is 1.67. The number of halogens is 1. The average molecular weight is 301 g/mol. The van der Waals surface area contributed by atoms with Crippen molar-refractivity contribution in [3.8, 4) is 0 Å². The van der Waals surface area contributed by atoms with Crippen molar-refractivity contribution in [3.63, 3.8) is 0 Å². The van der Waals surface area contributed by atoms with Crippen molar-refractivity contribution in [1.29, 1.82) is 0 Å². The lowest BCUT2D eigenvalue weighted by molar-refractivity contribution is 0.0550. The lowest BCUT2D eigenvalue weighted by atomic mass is 10.2. The topological polar surface area (TPSA) is 51.7 Å². The molecule has 0 aliphatic rings. The minimum Gasteiger partial charge on any atom is -0.380 e. The van der Waals surface area contributed by atoms with Gasteiger partial charge in [0.2, 0.25) is 0 Å². The van der Waals surface area contributed by atoms with Gasteiger partial charge < -0.3 is 14.4 Å². The number of rotatable bonds is 9. The molecule has 0 spiro atoms. The molecule has 1 aromatic heterocycles. The summed E-state index contributed by atoms with van der Waals surface area (Å²) >= 11 is 6.01. The van der Waals surface area contributed by atoms with Gasteiger partial charge in [-0.05, 0) is 19.9 Å². The van der Waals surface area contributed by atoms with E-state index in [1.165, 1.54) is 6.20 Å². The van der Waals surface area contributed by atoms with Crippen LogP contribution in [0.25, 0.3) is 0 Å². The molecule has 0 fully saturated rings. The van der Waals surface area contributed by atoms with Crippen LogP contribution in [0.4, 0.5) is 0 Å². The van der Waals surface area contributed by atoms with E-state index in [-0.39, 0.29) is 5.91 Å². The van der Waals surface area contributed by atoms with Crippen LogP contribution >= 0.6 is 11.6 Å². The van der Waals surface area contributed by atoms with Gasteiger partial charge in [0.15, 0.2) is 0 Å². The molecule has 1 heterocycles. The number of hydrogen-bond donors (Lipinski definition) is 0. The molecule has 0 aliphatic carbocycles. The number of amides is 1. The van der Waals surface area contributed by atoms with Gasteiger partial charge in [-0.2, -0.15) is 0 Å². The summed E-state index contributed by atoms with van der Waals surface area (Å²) in [4.78, 5) is 18.0. The van der Waals surface area contributed by atoms with Crippen molar-refractivity contribution >= 4 is 17.5 Å². The molecule has 6 heteroatoms. The number of hydrogen-bond acceptors (Lipinski definition) is 4. The Balaban J connectivity index is 2.69. The van der Waals surface area contributed by atoms with Crippen molar-refractivity contribution in [3.05, 3.63) is 29.0 Å². The second-order valence-electron chi connectivity index (χ2n) is 4.04. The van der Waals surface area contributed by atoms with Gasteiger partial charge in [-0.1, -0.05) is 11.6 Å². The number of nitrogens with zero attached hydrogens (tertiary/aromatic N) is 2. The summed E-state index contributed by atoms with van der Waals surface area (Å²) in [6, 6.07) is 1.62. The van der Waals surface area contributed by atoms with Gasteiger partial charge in [0, 0.05) is 38.7 Å². The van der Waals surface area contributed by atoms with Crippen molar-refractivity contribution in [2.24, 2.45) is 0 Å². The third-order valence-electron chi connectivity index (χ3n) is 2.71. The number of carbonyl (C=O) groups is 1. The molecule has 0 aliphatic heterocycles. The Hall–Kier alpha value is -1.17. The maximum absolute atomic E-state index is 12.5. The molecule has 0 bridgehead atoms. The van der Waals surface area contributed by atoms with Crippen LogP contribution in [0.15, 0.2) is 18.5 Å². The molecule has 20 heavy (non-hydrogen) atoms. The first kappa shape index (κ1) is 16.9. The predicted molar refractivity (Wildman–Crippen MR) is 78.1 cm³/mol. The Kier molecular flexibility index (Phi) is 8.18. The van der Waals surface area contributed by atoms with E-state index in [4.69, 9.17) is 21.1 Å². The highest BCUT2D eigenvalue weighted by molar-refractivity contribution is 6.33. The second kappa shape index (κ2) is 9.69. The first-order valence-corrected chi connectivity index (χ1v) is 7.12. The van der Waals surface area contributed by atoms with Gasteiger partial charge in [0.1, 0.15) is 0 Å². The maximum Gasteiger partial charge on any atom is 0.255 e. The van der Waals surface area contributed by atoms with E-state index in [0.717, 1.165) is 0 Å². The van der Waals surface area contributed by atoms with Crippen molar-refractivity contribution in [1.82, 2.24) is 9.88 Å². The third-order valence-corrected chi connectivity index (χ3v) is 3.01. The van der Waals surface area contributed by atoms with E-state index in [1.807, 2.05) is 13.8 Å². The molecule has 0 atom stereocenters. The van der Waals surface area contributed by atoms with Gasteiger partial charge in [-0.3, -0.25) is 9.78 Å². The van der Waals surface area contributed by atoms with Crippen LogP contribution in [-0.2, 0) is 9.47 Å². The van der Waals surface area contributed by atoms with Gasteiger partial charge in [-0.25, -0.2) is 0 Å². The standard InChI is InChI=1S/C14H21ClN2O3/c1-3-19-9-7-17(8-10-20-4-2)14(18)12-5-6-16-11-13(12)15/h5-6,11H,3-4,7-10H2,1-2H3. The molecular formula is C14H21ClN2O3. The van der Waals surface area contributed by atoms with Crippen LogP contribution in [0.3, 0.4) is 0 Å². The van der Waals surface area contributed by atoms with Crippen LogP contribution in [0.1, 0.15) is 24.2 Å². The second-order valence-corrected chi connectivity index (χ2v) is 4.45. The molecule has 1 amide bonds. The molecule has 0 aromatic carbocycles. The van der Waals surface area contributed by atoms with E-state index < -0.39 is 0 Å². The van der Waals surface area contributed by atoms with Crippen LogP contribution in [0, 0.1) is 0 Å². The fourth-order valence-corrected chi connectivity index (χ4v) is 1.87. The van der Waals surface area contributed by atoms with Crippen LogP contribution < -0.4 is 0 Å². The summed E-state index contributed by atoms with van der Waals surface area (Å²) in [6.07, 6.45) is 3.03. The monoisotopic (exact) mass is 300 g/mol. The molecular weight excluding hydrogens is 280 g/mol. The minimum atomic E-state index is -0.128. The Labute approximate surface area is 124 Å². The lowest BCUT2D eigenvalue weighted by Crippen LogP contribution is -2.37. The third kappa shape index (κ3) is 5.45. The zero-order valence-corrected chi connectivity index (χ0v) is 12.7. The molecule has 1 rings (SSSR count). The summed E-state index contributed by atoms with van der Waals surface area (Å²) in [7, 11) is 0. The van der Waals surface area contributed by atoms with Gasteiger partial charge in [-0.15, -0.1) is 0 Å². The van der Waals surface area contributed by atoms with Crippen LogP contribution in [-0.4, -0.2) is 55.3 Å². The van der Waals surface area contributed by atoms with Gasteiger partial charge in [0.25, 0.3) is 5.91 Å². The fraction of sp³-hybridized carbons (Fsp3) is 0.571. The zero-order valence-electron chi connectivity index (χ0n) is 12.0. The summed E-state index contributed by atoms with van der Waals surface area (Å²) in [5.74, 6) is -0.128. The zero-order chi connectivity index (χ0) is 14.8. The average Bonchev–Trinajstić information content (AvgIpc) is 2.46. The predicted octanol–water partition coefficient (Wildman–Crippen LogP) is 2.25. The molecule has 0 saturated carbocycles. The summed E-state index contributed by atoms with van der Waals surface area (Å²) in [5.41, 5.74) is 0.453. The van der Waals surface area contributed by atoms with E-state index in [1.54, 1.807) is 17.2 Å². The maximum atomic E-state index is 12.5. The summed E-state index contributed by atoms with van der Waals surface area (Å²) in [5, 5.41) is 0.357. The molecule has 112 valence electrons. The number of ether oxygens (including phenoxy) is 2. The van der Waals surface area contributed by atoms with Crippen molar-refractivity contribution in [2.75, 3.05) is 39.5 Å². The number of aromatic nitrogens is 1. The molecule has 0 unspecified atom stereocenters. The first-order valence-electron chi connectivity index (χ1n) is 6.75. The highest BCUT2D eigenvalue weighted by Gasteiger charge is 2.18. The normalized spacial score (nSPS) is 10.6. The lowest BCUT2D eigenvalue weighted by Gasteiger charge is -2.23. The molecule has 0 saturated heterocycles. The number of carbonyl (C=O) groups excluding carboxylic acids is 1. The van der Waals surface area contributed by atoms with Gasteiger partial charge in [0.05, 0.1) is 23.8 Å². The molecule has 5 nitrogen and oxygen atoms in total. The smallest absolute Gasteiger partial charge is 0.255 e. The largest absolute Gasteiger partial charge is 0.380 e. The van der Waals surface area contributed by atoms with E-state index in [0.29, 0.717) is 50.1 Å². The van der Waals surface area contributed by atoms with Crippen LogP contribution in [0.5, 0.6) is 0 Å².